The van der Waals surface area contributed by atoms with Crippen LogP contribution in [0.5, 0.6) is 0 Å². The molecule has 0 amide bonds. The van der Waals surface area contributed by atoms with Gasteiger partial charge in [0.2, 0.25) is 0 Å². The molecular weight excluding hydrogens is 264 g/mol. The first-order chi connectivity index (χ1) is 6.74. The van der Waals surface area contributed by atoms with Crippen LogP contribution in [0.2, 0.25) is 0 Å². The number of thioether (sulfide) groups is 1. The van der Waals surface area contributed by atoms with E-state index in [1.54, 1.807) is 0 Å². The Kier molecular flexibility index (Phi) is 5.94. The molecule has 0 aromatic carbocycles. The standard InChI is InChI=1S/C10H17BrO2S/c1-13-10(12)9(11)7-14-8-5-3-2-4-6-8/h8-9H,2-7H2,1H3. The van der Waals surface area contributed by atoms with Crippen molar-refractivity contribution < 1.29 is 9.53 Å². The van der Waals surface area contributed by atoms with E-state index in [9.17, 15) is 4.79 Å². The Balaban J connectivity index is 2.15. The molecule has 1 aliphatic carbocycles. The fraction of sp³-hybridized carbons (Fsp3) is 0.900. The van der Waals surface area contributed by atoms with Gasteiger partial charge in [-0.3, -0.25) is 4.79 Å². The summed E-state index contributed by atoms with van der Waals surface area (Å²) < 4.78 is 4.65. The lowest BCUT2D eigenvalue weighted by molar-refractivity contribution is -0.139. The van der Waals surface area contributed by atoms with Crippen molar-refractivity contribution in [2.45, 2.75) is 42.2 Å². The molecule has 0 aliphatic heterocycles. The molecular formula is C10H17BrO2S. The predicted octanol–water partition coefficient (Wildman–Crippen LogP) is 2.99. The van der Waals surface area contributed by atoms with Crippen molar-refractivity contribution in [3.63, 3.8) is 0 Å². The molecule has 1 fully saturated rings. The van der Waals surface area contributed by atoms with Gasteiger partial charge in [-0.25, -0.2) is 0 Å². The number of rotatable bonds is 4. The van der Waals surface area contributed by atoms with Crippen LogP contribution >= 0.6 is 27.7 Å². The Morgan fingerprint density at radius 3 is 2.71 bits per heavy atom. The third-order valence-electron chi connectivity index (χ3n) is 2.49. The lowest BCUT2D eigenvalue weighted by Gasteiger charge is -2.21. The summed E-state index contributed by atoms with van der Waals surface area (Å²) >= 11 is 5.24. The zero-order valence-corrected chi connectivity index (χ0v) is 10.9. The van der Waals surface area contributed by atoms with E-state index in [1.807, 2.05) is 11.8 Å². The van der Waals surface area contributed by atoms with Crippen molar-refractivity contribution in [2.75, 3.05) is 12.9 Å². The summed E-state index contributed by atoms with van der Waals surface area (Å²) in [6, 6.07) is 0. The minimum Gasteiger partial charge on any atom is -0.468 e. The Morgan fingerprint density at radius 2 is 2.14 bits per heavy atom. The van der Waals surface area contributed by atoms with Crippen LogP contribution in [0.15, 0.2) is 0 Å². The van der Waals surface area contributed by atoms with E-state index in [1.165, 1.54) is 39.2 Å². The molecule has 0 aromatic rings. The van der Waals surface area contributed by atoms with Crippen LogP contribution in [0, 0.1) is 0 Å². The van der Waals surface area contributed by atoms with Gasteiger partial charge in [-0.15, -0.1) is 0 Å². The van der Waals surface area contributed by atoms with Gasteiger partial charge in [-0.1, -0.05) is 35.2 Å². The van der Waals surface area contributed by atoms with Crippen LogP contribution in [0.25, 0.3) is 0 Å². The Labute approximate surface area is 98.3 Å². The van der Waals surface area contributed by atoms with Gasteiger partial charge in [0.1, 0.15) is 4.83 Å². The van der Waals surface area contributed by atoms with Crippen molar-refractivity contribution in [2.24, 2.45) is 0 Å². The molecule has 1 atom stereocenters. The van der Waals surface area contributed by atoms with Gasteiger partial charge >= 0.3 is 5.97 Å². The van der Waals surface area contributed by atoms with Crippen LogP contribution in [0.4, 0.5) is 0 Å². The second-order valence-corrected chi connectivity index (χ2v) is 6.02. The highest BCUT2D eigenvalue weighted by Crippen LogP contribution is 2.29. The lowest BCUT2D eigenvalue weighted by Crippen LogP contribution is -2.20. The molecule has 2 nitrogen and oxygen atoms in total. The molecule has 1 saturated carbocycles. The SMILES string of the molecule is COC(=O)C(Br)CSC1CCCCC1. The van der Waals surface area contributed by atoms with Crippen LogP contribution in [0.3, 0.4) is 0 Å². The molecule has 0 spiro atoms. The molecule has 0 aromatic heterocycles. The molecule has 0 radical (unpaired) electrons. The number of alkyl halides is 1. The van der Waals surface area contributed by atoms with Crippen LogP contribution in [-0.4, -0.2) is 28.9 Å². The van der Waals surface area contributed by atoms with E-state index in [2.05, 4.69) is 20.7 Å². The normalized spacial score (nSPS) is 20.4. The molecule has 0 heterocycles. The number of methoxy groups -OCH3 is 1. The minimum absolute atomic E-state index is 0.139. The van der Waals surface area contributed by atoms with Crippen molar-refractivity contribution in [1.29, 1.82) is 0 Å². The third-order valence-corrected chi connectivity index (χ3v) is 5.08. The molecule has 14 heavy (non-hydrogen) atoms. The average molecular weight is 281 g/mol. The number of carbonyl (C=O) groups is 1. The second kappa shape index (κ2) is 6.72. The molecule has 82 valence electrons. The molecule has 0 bridgehead atoms. The largest absolute Gasteiger partial charge is 0.468 e. The maximum absolute atomic E-state index is 11.1. The number of carbonyl (C=O) groups excluding carboxylic acids is 1. The molecule has 4 heteroatoms. The van der Waals surface area contributed by atoms with Gasteiger partial charge in [-0.2, -0.15) is 11.8 Å². The lowest BCUT2D eigenvalue weighted by atomic mass is 10.0. The first-order valence-electron chi connectivity index (χ1n) is 5.07. The summed E-state index contributed by atoms with van der Waals surface area (Å²) in [6.45, 7) is 0. The minimum atomic E-state index is -0.159. The molecule has 1 aliphatic rings. The topological polar surface area (TPSA) is 26.3 Å². The molecule has 0 saturated heterocycles. The summed E-state index contributed by atoms with van der Waals surface area (Å²) in [5, 5.41) is 0.758. The molecule has 1 rings (SSSR count). The van der Waals surface area contributed by atoms with Crippen molar-refractivity contribution in [3.05, 3.63) is 0 Å². The van der Waals surface area contributed by atoms with Crippen molar-refractivity contribution in [1.82, 2.24) is 0 Å². The van der Waals surface area contributed by atoms with Gasteiger partial charge in [0.05, 0.1) is 7.11 Å². The predicted molar refractivity (Wildman–Crippen MR) is 64.1 cm³/mol. The summed E-state index contributed by atoms with van der Waals surface area (Å²) in [7, 11) is 1.43. The van der Waals surface area contributed by atoms with E-state index in [-0.39, 0.29) is 10.8 Å². The van der Waals surface area contributed by atoms with Crippen LogP contribution in [-0.2, 0) is 9.53 Å². The summed E-state index contributed by atoms with van der Waals surface area (Å²) in [4.78, 5) is 11.0. The van der Waals surface area contributed by atoms with E-state index in [0.29, 0.717) is 0 Å². The zero-order chi connectivity index (χ0) is 10.4. The third kappa shape index (κ3) is 4.22. The second-order valence-electron chi connectivity index (χ2n) is 3.58. The smallest absolute Gasteiger partial charge is 0.320 e. The molecule has 1 unspecified atom stereocenters. The number of ether oxygens (including phenoxy) is 1. The number of halogens is 1. The number of hydrogen-bond donors (Lipinski definition) is 0. The van der Waals surface area contributed by atoms with Gasteiger partial charge in [-0.05, 0) is 12.8 Å². The fourth-order valence-electron chi connectivity index (χ4n) is 1.65. The van der Waals surface area contributed by atoms with Crippen LogP contribution < -0.4 is 0 Å². The first kappa shape index (κ1) is 12.4. The van der Waals surface area contributed by atoms with E-state index in [4.69, 9.17) is 0 Å². The van der Waals surface area contributed by atoms with E-state index in [0.717, 1.165) is 11.0 Å². The van der Waals surface area contributed by atoms with E-state index >= 15 is 0 Å². The van der Waals surface area contributed by atoms with E-state index < -0.39 is 0 Å². The summed E-state index contributed by atoms with van der Waals surface area (Å²) in [5.74, 6) is 0.672. The van der Waals surface area contributed by atoms with Gasteiger partial charge < -0.3 is 4.74 Å². The van der Waals surface area contributed by atoms with Gasteiger partial charge in [0.15, 0.2) is 0 Å². The highest BCUT2D eigenvalue weighted by molar-refractivity contribution is 9.10. The summed E-state index contributed by atoms with van der Waals surface area (Å²) in [5.41, 5.74) is 0. The quantitative estimate of drug-likeness (QED) is 0.585. The number of hydrogen-bond acceptors (Lipinski definition) is 3. The monoisotopic (exact) mass is 280 g/mol. The Morgan fingerprint density at radius 1 is 1.50 bits per heavy atom. The highest BCUT2D eigenvalue weighted by atomic mass is 79.9. The Bertz CT molecular complexity index is 181. The zero-order valence-electron chi connectivity index (χ0n) is 8.50. The van der Waals surface area contributed by atoms with Crippen molar-refractivity contribution in [3.8, 4) is 0 Å². The summed E-state index contributed by atoms with van der Waals surface area (Å²) in [6.07, 6.45) is 6.70. The highest BCUT2D eigenvalue weighted by Gasteiger charge is 2.19. The Hall–Kier alpha value is 0.300. The first-order valence-corrected chi connectivity index (χ1v) is 7.04. The van der Waals surface area contributed by atoms with Gasteiger partial charge in [0, 0.05) is 11.0 Å². The maximum atomic E-state index is 11.1. The molecule has 0 N–H and O–H groups in total. The van der Waals surface area contributed by atoms with Crippen molar-refractivity contribution >= 4 is 33.7 Å². The van der Waals surface area contributed by atoms with Gasteiger partial charge in [0.25, 0.3) is 0 Å². The fourth-order valence-corrected chi connectivity index (χ4v) is 3.54. The maximum Gasteiger partial charge on any atom is 0.320 e. The number of esters is 1. The van der Waals surface area contributed by atoms with Crippen LogP contribution in [0.1, 0.15) is 32.1 Å². The average Bonchev–Trinajstić information content (AvgIpc) is 2.26.